The second kappa shape index (κ2) is 13.2. The summed E-state index contributed by atoms with van der Waals surface area (Å²) in [6.07, 6.45) is 0. The molecule has 0 saturated heterocycles. The van der Waals surface area contributed by atoms with Crippen molar-refractivity contribution >= 4 is 27.9 Å². The van der Waals surface area contributed by atoms with E-state index < -0.39 is 4.70 Å². The Morgan fingerprint density at radius 3 is 0.946 bits per heavy atom. The molecule has 4 nitrogen and oxygen atoms in total. The van der Waals surface area contributed by atoms with E-state index in [2.05, 4.69) is 75.2 Å². The predicted octanol–water partition coefficient (Wildman–Crippen LogP) is 8.73. The molecule has 3 N–H and O–H groups in total. The first-order valence-electron chi connectivity index (χ1n) is 11.6. The van der Waals surface area contributed by atoms with Gasteiger partial charge in [0.2, 0.25) is 0 Å². The zero-order valence-corrected chi connectivity index (χ0v) is 22.8. The summed E-state index contributed by atoms with van der Waals surface area (Å²) in [5.41, 5.74) is 4.55. The van der Waals surface area contributed by atoms with Gasteiger partial charge in [-0.1, -0.05) is 94.4 Å². The van der Waals surface area contributed by atoms with Gasteiger partial charge in [-0.2, -0.15) is 0 Å². The Hall–Kier alpha value is -3.47. The summed E-state index contributed by atoms with van der Waals surface area (Å²) in [4.78, 5) is 8.98. The van der Waals surface area contributed by atoms with Crippen LogP contribution in [0.1, 0.15) is 49.9 Å². The van der Waals surface area contributed by atoms with Crippen molar-refractivity contribution in [2.24, 2.45) is 0 Å². The first-order chi connectivity index (χ1) is 17.3. The average Bonchev–Trinajstić information content (AvgIpc) is 2.85. The Balaban J connectivity index is 0.000000228. The largest absolute Gasteiger partial charge is 0.508 e. The highest BCUT2D eigenvalue weighted by Gasteiger charge is 2.23. The maximum absolute atomic E-state index is 9.30. The van der Waals surface area contributed by atoms with Crippen LogP contribution in [0.25, 0.3) is 0 Å². The molecule has 0 amide bonds. The van der Waals surface area contributed by atoms with Gasteiger partial charge in [-0.3, -0.25) is 4.79 Å². The van der Waals surface area contributed by atoms with E-state index in [4.69, 9.17) is 4.79 Å². The smallest absolute Gasteiger partial charge is 0.313 e. The van der Waals surface area contributed by atoms with E-state index in [9.17, 15) is 15.3 Å². The number of benzene rings is 4. The molecule has 0 bridgehead atoms. The highest BCUT2D eigenvalue weighted by Crippen LogP contribution is 2.33. The number of aromatic hydroxyl groups is 3. The monoisotopic (exact) mass is 538 g/mol. The lowest BCUT2D eigenvalue weighted by atomic mass is 9.78. The van der Waals surface area contributed by atoms with Crippen molar-refractivity contribution in [1.82, 2.24) is 0 Å². The lowest BCUT2D eigenvalue weighted by Gasteiger charge is -2.26. The molecule has 4 aromatic rings. The van der Waals surface area contributed by atoms with Crippen molar-refractivity contribution in [1.29, 1.82) is 0 Å². The van der Waals surface area contributed by atoms with Gasteiger partial charge in [-0.25, -0.2) is 0 Å². The zero-order valence-electron chi connectivity index (χ0n) is 21.3. The Kier molecular flexibility index (Phi) is 10.6. The van der Waals surface area contributed by atoms with Crippen LogP contribution < -0.4 is 0 Å². The standard InChI is InChI=1S/C15H16O2.C15H16O.CCl2O/c1-15(2,11-3-7-13(16)8-4-11)12-5-9-14(17)10-6-12;1-15(2,12-6-4-3-5-7-12)13-8-10-14(16)11-9-13;2-1(3)4/h3-10,16-17H,1-2H3;3-11,16H,1-2H3;. The molecule has 0 saturated carbocycles. The molecular weight excluding hydrogens is 507 g/mol. The molecule has 6 heteroatoms. The zero-order chi connectivity index (χ0) is 27.6. The molecule has 0 aliphatic heterocycles. The number of rotatable bonds is 4. The lowest BCUT2D eigenvalue weighted by molar-refractivity contribution is 0.275. The van der Waals surface area contributed by atoms with Gasteiger partial charge in [0, 0.05) is 10.8 Å². The average molecular weight is 539 g/mol. The molecule has 0 aliphatic carbocycles. The number of carbonyl (C=O) groups excluding carboxylic acids is 1. The molecular formula is C31H32Cl2O4. The molecule has 0 radical (unpaired) electrons. The van der Waals surface area contributed by atoms with E-state index in [0.717, 1.165) is 11.1 Å². The summed E-state index contributed by atoms with van der Waals surface area (Å²) in [5.74, 6) is 0.859. The van der Waals surface area contributed by atoms with Crippen LogP contribution in [0.2, 0.25) is 0 Å². The minimum Gasteiger partial charge on any atom is -0.508 e. The molecule has 0 fully saturated rings. The third-order valence-electron chi connectivity index (χ3n) is 6.26. The second-order valence-electron chi connectivity index (χ2n) is 9.48. The van der Waals surface area contributed by atoms with E-state index in [0.29, 0.717) is 5.75 Å². The first kappa shape index (κ1) is 29.8. The Morgan fingerprint density at radius 2 is 0.703 bits per heavy atom. The topological polar surface area (TPSA) is 77.8 Å². The lowest BCUT2D eigenvalue weighted by Crippen LogP contribution is -2.18. The fraction of sp³-hybridized carbons (Fsp3) is 0.194. The third-order valence-corrected chi connectivity index (χ3v) is 6.26. The molecule has 4 rings (SSSR count). The summed E-state index contributed by atoms with van der Waals surface area (Å²) >= 11 is 8.80. The van der Waals surface area contributed by atoms with E-state index in [1.165, 1.54) is 11.1 Å². The van der Waals surface area contributed by atoms with Gasteiger partial charge < -0.3 is 15.3 Å². The van der Waals surface area contributed by atoms with Crippen molar-refractivity contribution in [3.63, 3.8) is 0 Å². The summed E-state index contributed by atoms with van der Waals surface area (Å²) in [6.45, 7) is 8.61. The molecule has 0 spiro atoms. The molecule has 0 unspecified atom stereocenters. The molecule has 0 aliphatic rings. The van der Waals surface area contributed by atoms with Crippen molar-refractivity contribution in [2.45, 2.75) is 38.5 Å². The van der Waals surface area contributed by atoms with Crippen LogP contribution in [0, 0.1) is 0 Å². The molecule has 0 heterocycles. The van der Waals surface area contributed by atoms with E-state index >= 15 is 0 Å². The van der Waals surface area contributed by atoms with Gasteiger partial charge in [0.05, 0.1) is 0 Å². The van der Waals surface area contributed by atoms with Gasteiger partial charge >= 0.3 is 4.70 Å². The van der Waals surface area contributed by atoms with E-state index in [1.807, 2.05) is 42.5 Å². The van der Waals surface area contributed by atoms with Gasteiger partial charge in [-0.05, 0) is 81.9 Å². The van der Waals surface area contributed by atoms with Gasteiger partial charge in [0.25, 0.3) is 0 Å². The molecule has 194 valence electrons. The minimum atomic E-state index is -0.889. The molecule has 37 heavy (non-hydrogen) atoms. The number of carbonyl (C=O) groups is 1. The molecule has 4 aromatic carbocycles. The van der Waals surface area contributed by atoms with Crippen LogP contribution in [0.3, 0.4) is 0 Å². The second-order valence-corrected chi connectivity index (χ2v) is 10.4. The normalized spacial score (nSPS) is 10.9. The Morgan fingerprint density at radius 1 is 0.486 bits per heavy atom. The van der Waals surface area contributed by atoms with E-state index in [1.54, 1.807) is 36.4 Å². The predicted molar refractivity (Wildman–Crippen MR) is 152 cm³/mol. The summed E-state index contributed by atoms with van der Waals surface area (Å²) in [6, 6.07) is 32.3. The maximum Gasteiger partial charge on any atom is 0.313 e. The summed E-state index contributed by atoms with van der Waals surface area (Å²) in [7, 11) is 0. The third kappa shape index (κ3) is 8.85. The van der Waals surface area contributed by atoms with Crippen LogP contribution in [0.4, 0.5) is 4.79 Å². The van der Waals surface area contributed by atoms with Crippen LogP contribution in [0.15, 0.2) is 103 Å². The molecule has 0 atom stereocenters. The van der Waals surface area contributed by atoms with Crippen LogP contribution in [-0.4, -0.2) is 20.0 Å². The first-order valence-corrected chi connectivity index (χ1v) is 12.4. The van der Waals surface area contributed by atoms with E-state index in [-0.39, 0.29) is 22.3 Å². The fourth-order valence-corrected chi connectivity index (χ4v) is 3.82. The van der Waals surface area contributed by atoms with Crippen LogP contribution in [0.5, 0.6) is 17.2 Å². The van der Waals surface area contributed by atoms with Gasteiger partial charge in [0.15, 0.2) is 0 Å². The highest BCUT2D eigenvalue weighted by atomic mass is 35.5. The van der Waals surface area contributed by atoms with Crippen molar-refractivity contribution in [3.8, 4) is 17.2 Å². The van der Waals surface area contributed by atoms with Crippen LogP contribution >= 0.6 is 23.2 Å². The van der Waals surface area contributed by atoms with Crippen LogP contribution in [-0.2, 0) is 10.8 Å². The Labute approximate surface area is 228 Å². The number of hydrogen-bond acceptors (Lipinski definition) is 4. The quantitative estimate of drug-likeness (QED) is 0.227. The number of phenols is 3. The van der Waals surface area contributed by atoms with Gasteiger partial charge in [-0.15, -0.1) is 0 Å². The highest BCUT2D eigenvalue weighted by molar-refractivity contribution is 6.93. The number of halogens is 2. The maximum atomic E-state index is 9.30. The Bertz CT molecular complexity index is 1200. The van der Waals surface area contributed by atoms with Gasteiger partial charge in [0.1, 0.15) is 17.2 Å². The van der Waals surface area contributed by atoms with Crippen molar-refractivity contribution < 1.29 is 20.1 Å². The fourth-order valence-electron chi connectivity index (χ4n) is 3.82. The van der Waals surface area contributed by atoms with Crippen molar-refractivity contribution in [2.75, 3.05) is 0 Å². The SMILES string of the molecule is CC(C)(c1ccc(O)cc1)c1ccc(O)cc1.CC(C)(c1ccccc1)c1ccc(O)cc1.O=C(Cl)Cl. The summed E-state index contributed by atoms with van der Waals surface area (Å²) in [5, 5.41) is 27.9. The minimum absolute atomic E-state index is 0.0328. The summed E-state index contributed by atoms with van der Waals surface area (Å²) < 4.78 is -0.889. The van der Waals surface area contributed by atoms with Crippen molar-refractivity contribution in [3.05, 3.63) is 125 Å². The number of hydrogen-bond donors (Lipinski definition) is 3. The number of phenolic OH excluding ortho intramolecular Hbond substituents is 3. The molecule has 0 aromatic heterocycles.